The number of carbonyl (C=O) groups is 1. The largest absolute Gasteiger partial charge is 0.316 e. The van der Waals surface area contributed by atoms with Crippen LogP contribution in [0.3, 0.4) is 0 Å². The number of hydrogen-bond acceptors (Lipinski definition) is 7. The first-order chi connectivity index (χ1) is 16.0. The lowest BCUT2D eigenvalue weighted by Crippen LogP contribution is -2.14. The number of carbonyl (C=O) groups excluding carboxylic acids is 1. The number of anilines is 1. The summed E-state index contributed by atoms with van der Waals surface area (Å²) in [6.45, 7) is 4.15. The van der Waals surface area contributed by atoms with Crippen LogP contribution in [0.2, 0.25) is 0 Å². The molecule has 1 N–H and O–H groups in total. The van der Waals surface area contributed by atoms with Crippen LogP contribution in [0.25, 0.3) is 16.7 Å². The Balaban J connectivity index is 1.34. The molecule has 5 rings (SSSR count). The lowest BCUT2D eigenvalue weighted by atomic mass is 9.96. The van der Waals surface area contributed by atoms with E-state index in [0.717, 1.165) is 42.3 Å². The van der Waals surface area contributed by atoms with Crippen molar-refractivity contribution in [3.63, 3.8) is 0 Å². The van der Waals surface area contributed by atoms with E-state index >= 15 is 0 Å². The third-order valence-corrected chi connectivity index (χ3v) is 8.15. The zero-order valence-electron chi connectivity index (χ0n) is 18.4. The number of fused-ring (bicyclic) bond motifs is 2. The molecule has 0 atom stereocenters. The molecule has 1 aromatic carbocycles. The maximum atomic E-state index is 12.7. The van der Waals surface area contributed by atoms with E-state index in [1.54, 1.807) is 10.9 Å². The zero-order chi connectivity index (χ0) is 22.9. The average Bonchev–Trinajstić information content (AvgIpc) is 3.40. The number of rotatable bonds is 5. The van der Waals surface area contributed by atoms with Gasteiger partial charge in [0.15, 0.2) is 5.65 Å². The standard InChI is InChI=1S/C24H22N6OS2/c1-14-7-8-16(9-15(14)2)30-22-19(11-28-30)23(27-13-26-22)32-12-21(31)29-24-18(10-25)17-5-3-4-6-20(17)33-24/h7-9,11,13H,3-6,12H2,1-2H3,(H,29,31). The van der Waals surface area contributed by atoms with Crippen molar-refractivity contribution in [1.82, 2.24) is 19.7 Å². The Bertz CT molecular complexity index is 1410. The van der Waals surface area contributed by atoms with Gasteiger partial charge in [0, 0.05) is 4.88 Å². The smallest absolute Gasteiger partial charge is 0.235 e. The summed E-state index contributed by atoms with van der Waals surface area (Å²) in [7, 11) is 0. The lowest BCUT2D eigenvalue weighted by Gasteiger charge is -2.09. The second-order valence-corrected chi connectivity index (χ2v) is 10.2. The van der Waals surface area contributed by atoms with Crippen molar-refractivity contribution in [2.24, 2.45) is 0 Å². The predicted octanol–water partition coefficient (Wildman–Crippen LogP) is 4.98. The molecule has 166 valence electrons. The number of thiophene rings is 1. The van der Waals surface area contributed by atoms with Crippen molar-refractivity contribution < 1.29 is 4.79 Å². The molecule has 0 saturated carbocycles. The van der Waals surface area contributed by atoms with Crippen LogP contribution in [0.4, 0.5) is 5.00 Å². The number of aromatic nitrogens is 4. The number of amides is 1. The van der Waals surface area contributed by atoms with Crippen molar-refractivity contribution >= 4 is 45.0 Å². The maximum absolute atomic E-state index is 12.7. The number of nitrogens with one attached hydrogen (secondary N) is 1. The molecule has 0 radical (unpaired) electrons. The van der Waals surface area contributed by atoms with Crippen LogP contribution in [0.1, 0.15) is 40.0 Å². The number of thioether (sulfide) groups is 1. The van der Waals surface area contributed by atoms with Gasteiger partial charge in [-0.2, -0.15) is 10.4 Å². The van der Waals surface area contributed by atoms with Crippen molar-refractivity contribution in [3.05, 3.63) is 57.9 Å². The zero-order valence-corrected chi connectivity index (χ0v) is 20.0. The normalized spacial score (nSPS) is 13.0. The van der Waals surface area contributed by atoms with Gasteiger partial charge in [0.1, 0.15) is 22.4 Å². The molecule has 7 nitrogen and oxygen atoms in total. The molecule has 0 bridgehead atoms. The molecule has 33 heavy (non-hydrogen) atoms. The highest BCUT2D eigenvalue weighted by Gasteiger charge is 2.22. The number of benzene rings is 1. The molecule has 3 aromatic heterocycles. The minimum absolute atomic E-state index is 0.150. The van der Waals surface area contributed by atoms with Gasteiger partial charge in [-0.05, 0) is 68.4 Å². The van der Waals surface area contributed by atoms with E-state index in [1.165, 1.54) is 45.4 Å². The van der Waals surface area contributed by atoms with Crippen molar-refractivity contribution in [1.29, 1.82) is 5.26 Å². The Morgan fingerprint density at radius 3 is 2.91 bits per heavy atom. The van der Waals surface area contributed by atoms with E-state index < -0.39 is 0 Å². The molecular weight excluding hydrogens is 452 g/mol. The third kappa shape index (κ3) is 4.12. The average molecular weight is 475 g/mol. The van der Waals surface area contributed by atoms with Gasteiger partial charge in [-0.15, -0.1) is 11.3 Å². The van der Waals surface area contributed by atoms with Crippen molar-refractivity contribution in [2.75, 3.05) is 11.1 Å². The first-order valence-electron chi connectivity index (χ1n) is 10.8. The summed E-state index contributed by atoms with van der Waals surface area (Å²) < 4.78 is 1.79. The third-order valence-electron chi connectivity index (χ3n) is 5.94. The highest BCUT2D eigenvalue weighted by molar-refractivity contribution is 8.00. The van der Waals surface area contributed by atoms with E-state index in [9.17, 15) is 10.1 Å². The van der Waals surface area contributed by atoms with Gasteiger partial charge in [0.05, 0.1) is 28.6 Å². The Labute approximate surface area is 199 Å². The monoisotopic (exact) mass is 474 g/mol. The Morgan fingerprint density at radius 1 is 1.24 bits per heavy atom. The summed E-state index contributed by atoms with van der Waals surface area (Å²) in [5.74, 6) is 0.0392. The van der Waals surface area contributed by atoms with Gasteiger partial charge in [-0.25, -0.2) is 14.6 Å². The van der Waals surface area contributed by atoms with Crippen LogP contribution in [0, 0.1) is 25.2 Å². The fourth-order valence-corrected chi connectivity index (χ4v) is 6.07. The lowest BCUT2D eigenvalue weighted by molar-refractivity contribution is -0.113. The summed E-state index contributed by atoms with van der Waals surface area (Å²) in [6, 6.07) is 8.46. The summed E-state index contributed by atoms with van der Waals surface area (Å²) in [5.41, 5.74) is 5.79. The topological polar surface area (TPSA) is 96.5 Å². The van der Waals surface area contributed by atoms with Gasteiger partial charge < -0.3 is 5.32 Å². The first kappa shape index (κ1) is 21.6. The van der Waals surface area contributed by atoms with Gasteiger partial charge in [-0.1, -0.05) is 17.8 Å². The maximum Gasteiger partial charge on any atom is 0.235 e. The SMILES string of the molecule is Cc1ccc(-n2ncc3c(SCC(=O)Nc4sc5c(c4C#N)CCCC5)ncnc32)cc1C. The Morgan fingerprint density at radius 2 is 2.09 bits per heavy atom. The van der Waals surface area contributed by atoms with E-state index in [4.69, 9.17) is 0 Å². The van der Waals surface area contributed by atoms with Crippen LogP contribution in [0.15, 0.2) is 35.7 Å². The van der Waals surface area contributed by atoms with Crippen LogP contribution in [-0.2, 0) is 17.6 Å². The van der Waals surface area contributed by atoms with E-state index in [0.29, 0.717) is 21.2 Å². The highest BCUT2D eigenvalue weighted by Crippen LogP contribution is 2.37. The summed E-state index contributed by atoms with van der Waals surface area (Å²) in [6.07, 6.45) is 7.39. The van der Waals surface area contributed by atoms with Crippen LogP contribution in [-0.4, -0.2) is 31.4 Å². The first-order valence-corrected chi connectivity index (χ1v) is 12.6. The van der Waals surface area contributed by atoms with Crippen molar-refractivity contribution in [2.45, 2.75) is 44.6 Å². The number of nitriles is 1. The molecule has 9 heteroatoms. The highest BCUT2D eigenvalue weighted by atomic mass is 32.2. The van der Waals surface area contributed by atoms with Crippen molar-refractivity contribution in [3.8, 4) is 11.8 Å². The van der Waals surface area contributed by atoms with Crippen LogP contribution in [0.5, 0.6) is 0 Å². The number of nitrogens with zero attached hydrogens (tertiary/aromatic N) is 5. The Kier molecular flexibility index (Phi) is 5.87. The molecule has 0 saturated heterocycles. The summed E-state index contributed by atoms with van der Waals surface area (Å²) >= 11 is 2.88. The number of hydrogen-bond donors (Lipinski definition) is 1. The second-order valence-electron chi connectivity index (χ2n) is 8.10. The predicted molar refractivity (Wildman–Crippen MR) is 131 cm³/mol. The van der Waals surface area contributed by atoms with Crippen LogP contribution >= 0.6 is 23.1 Å². The molecule has 1 aliphatic rings. The van der Waals surface area contributed by atoms with E-state index in [2.05, 4.69) is 52.4 Å². The van der Waals surface area contributed by atoms with Gasteiger partial charge >= 0.3 is 0 Å². The fourth-order valence-electron chi connectivity index (χ4n) is 4.05. The molecule has 0 fully saturated rings. The van der Waals surface area contributed by atoms with Crippen LogP contribution < -0.4 is 5.32 Å². The van der Waals surface area contributed by atoms with Gasteiger partial charge in [0.2, 0.25) is 5.91 Å². The molecule has 1 amide bonds. The minimum atomic E-state index is -0.150. The van der Waals surface area contributed by atoms with Gasteiger partial charge in [0.25, 0.3) is 0 Å². The fraction of sp³-hybridized carbons (Fsp3) is 0.292. The van der Waals surface area contributed by atoms with E-state index in [1.807, 2.05) is 6.07 Å². The quantitative estimate of drug-likeness (QED) is 0.324. The molecule has 0 spiro atoms. The Hall–Kier alpha value is -3.22. The molecule has 1 aliphatic carbocycles. The number of aryl methyl sites for hydroxylation is 3. The molecule has 3 heterocycles. The molecule has 0 unspecified atom stereocenters. The summed E-state index contributed by atoms with van der Waals surface area (Å²) in [5, 5.41) is 19.3. The van der Waals surface area contributed by atoms with E-state index in [-0.39, 0.29) is 11.7 Å². The summed E-state index contributed by atoms with van der Waals surface area (Å²) in [4.78, 5) is 22.7. The molecular formula is C24H22N6OS2. The minimum Gasteiger partial charge on any atom is -0.316 e. The second kappa shape index (κ2) is 8.96. The molecule has 0 aliphatic heterocycles. The molecule has 4 aromatic rings. The van der Waals surface area contributed by atoms with Gasteiger partial charge in [-0.3, -0.25) is 4.79 Å².